The summed E-state index contributed by atoms with van der Waals surface area (Å²) in [6, 6.07) is 0. The number of amides is 1. The number of nitrogens with one attached hydrogen (secondary N) is 2. The highest BCUT2D eigenvalue weighted by Crippen LogP contribution is 2.14. The van der Waals surface area contributed by atoms with E-state index in [1.807, 2.05) is 18.7 Å². The molecule has 0 aliphatic carbocycles. The van der Waals surface area contributed by atoms with E-state index in [1.165, 1.54) is 13.2 Å². The van der Waals surface area contributed by atoms with Gasteiger partial charge in [0.2, 0.25) is 5.39 Å². The van der Waals surface area contributed by atoms with E-state index in [2.05, 4.69) is 26.0 Å². The number of morpholine rings is 1. The van der Waals surface area contributed by atoms with Gasteiger partial charge in [-0.1, -0.05) is 12.2 Å². The maximum absolute atomic E-state index is 11.9. The van der Waals surface area contributed by atoms with E-state index in [-0.39, 0.29) is 12.2 Å². The Bertz CT molecular complexity index is 730. The summed E-state index contributed by atoms with van der Waals surface area (Å²) in [7, 11) is 1.37. The molecule has 1 aromatic heterocycles. The van der Waals surface area contributed by atoms with Crippen molar-refractivity contribution in [2.75, 3.05) is 25.6 Å². The minimum absolute atomic E-state index is 0.0415. The van der Waals surface area contributed by atoms with Crippen molar-refractivity contribution in [1.82, 2.24) is 25.3 Å². The van der Waals surface area contributed by atoms with Crippen LogP contribution in [0.25, 0.3) is 4.98 Å². The molecule has 0 aromatic carbocycles. The molecule has 0 saturated carbocycles. The Kier molecular flexibility index (Phi) is 5.84. The van der Waals surface area contributed by atoms with Crippen molar-refractivity contribution in [2.45, 2.75) is 26.1 Å². The van der Waals surface area contributed by atoms with Gasteiger partial charge in [-0.2, -0.15) is 4.79 Å². The molecule has 2 rings (SSSR count). The van der Waals surface area contributed by atoms with E-state index in [0.717, 1.165) is 4.79 Å². The van der Waals surface area contributed by atoms with Crippen molar-refractivity contribution < 1.29 is 14.6 Å². The van der Waals surface area contributed by atoms with E-state index in [1.54, 1.807) is 0 Å². The van der Waals surface area contributed by atoms with Gasteiger partial charge in [0.1, 0.15) is 10.7 Å². The number of ether oxygens (including phenoxy) is 1. The Morgan fingerprint density at radius 2 is 2.12 bits per heavy atom. The van der Waals surface area contributed by atoms with Crippen LogP contribution >= 0.6 is 12.2 Å². The van der Waals surface area contributed by atoms with Crippen LogP contribution in [0.4, 0.5) is 0 Å². The third kappa shape index (κ3) is 4.40. The van der Waals surface area contributed by atoms with Gasteiger partial charge in [0, 0.05) is 20.1 Å². The van der Waals surface area contributed by atoms with Crippen LogP contribution in [0.5, 0.6) is 0 Å². The summed E-state index contributed by atoms with van der Waals surface area (Å²) in [6.07, 6.45) is 1.51. The fourth-order valence-corrected chi connectivity index (χ4v) is 2.64. The number of aliphatic hydroxyl groups excluding tert-OH is 1. The van der Waals surface area contributed by atoms with Crippen LogP contribution in [0.15, 0.2) is 17.8 Å². The lowest BCUT2D eigenvalue weighted by atomic mass is 10.2. The number of aromatic nitrogens is 3. The molecule has 2 heterocycles. The quantitative estimate of drug-likeness (QED) is 0.289. The number of carbonyl (C=O) groups excluding carboxylic acids is 1. The Morgan fingerprint density at radius 1 is 1.48 bits per heavy atom. The van der Waals surface area contributed by atoms with Gasteiger partial charge in [-0.25, -0.2) is 5.43 Å². The summed E-state index contributed by atoms with van der Waals surface area (Å²) in [6.45, 7) is 5.19. The summed E-state index contributed by atoms with van der Waals surface area (Å²) in [5, 5.41) is 28.2. The van der Waals surface area contributed by atoms with Crippen molar-refractivity contribution in [1.29, 1.82) is 5.39 Å². The van der Waals surface area contributed by atoms with Crippen molar-refractivity contribution in [2.24, 2.45) is 0 Å². The van der Waals surface area contributed by atoms with Gasteiger partial charge in [0.05, 0.1) is 18.4 Å². The van der Waals surface area contributed by atoms with E-state index in [0.29, 0.717) is 23.8 Å². The average Bonchev–Trinajstić information content (AvgIpc) is 3.02. The molecule has 0 radical (unpaired) electrons. The first-order chi connectivity index (χ1) is 11.8. The second-order valence-corrected chi connectivity index (χ2v) is 5.89. The van der Waals surface area contributed by atoms with Crippen LogP contribution in [0.3, 0.4) is 0 Å². The highest BCUT2D eigenvalue weighted by Gasteiger charge is 2.30. The van der Waals surface area contributed by atoms with Crippen LogP contribution in [-0.2, 0) is 9.53 Å². The molecule has 2 atom stereocenters. The zero-order valence-corrected chi connectivity index (χ0v) is 14.8. The Balaban J connectivity index is 2.08. The number of nitrogens with zero attached hydrogens (tertiary/aromatic N) is 6. The van der Waals surface area contributed by atoms with Crippen LogP contribution in [-0.4, -0.2) is 68.4 Å². The first-order valence-electron chi connectivity index (χ1n) is 7.50. The van der Waals surface area contributed by atoms with Gasteiger partial charge < -0.3 is 20.1 Å². The van der Waals surface area contributed by atoms with Gasteiger partial charge in [-0.3, -0.25) is 4.79 Å². The Morgan fingerprint density at radius 3 is 2.68 bits per heavy atom. The number of carbonyl (C=O) groups is 1. The fourth-order valence-electron chi connectivity index (χ4n) is 2.40. The van der Waals surface area contributed by atoms with Gasteiger partial charge in [-0.05, 0) is 19.1 Å². The molecule has 134 valence electrons. The third-order valence-electron chi connectivity index (χ3n) is 3.41. The molecule has 1 amide bonds. The van der Waals surface area contributed by atoms with Crippen molar-refractivity contribution in [3.8, 4) is 0 Å². The first kappa shape index (κ1) is 18.6. The standard InChI is InChI=1S/C13H18N8O3S/c1-7-4-20(5-8(2)24-7)13(25)9-6-21(19-17-9)18-12(23)10(16-14)11(22)15-3/h6-8H,4-5H2,1-3H3,(H2-,15,18,22,23)/p+1. The van der Waals surface area contributed by atoms with Crippen LogP contribution in [0.2, 0.25) is 0 Å². The van der Waals surface area contributed by atoms with Crippen molar-refractivity contribution in [3.05, 3.63) is 28.4 Å². The molecule has 1 aliphatic heterocycles. The predicted molar refractivity (Wildman–Crippen MR) is 91.5 cm³/mol. The summed E-state index contributed by atoms with van der Waals surface area (Å²) >= 11 is 5.43. The van der Waals surface area contributed by atoms with Crippen LogP contribution in [0.1, 0.15) is 19.5 Å². The molecule has 3 N–H and O–H groups in total. The van der Waals surface area contributed by atoms with E-state index in [4.69, 9.17) is 22.3 Å². The Labute approximate surface area is 149 Å². The first-order valence-corrected chi connectivity index (χ1v) is 7.91. The van der Waals surface area contributed by atoms with Gasteiger partial charge in [0.25, 0.3) is 5.88 Å². The predicted octanol–water partition coefficient (Wildman–Crippen LogP) is -0.0675. The maximum atomic E-state index is 11.9. The summed E-state index contributed by atoms with van der Waals surface area (Å²) in [5.41, 5.74) is 2.10. The minimum Gasteiger partial charge on any atom is -0.489 e. The van der Waals surface area contributed by atoms with Crippen molar-refractivity contribution in [3.63, 3.8) is 0 Å². The normalized spacial score (nSPS) is 21.1. The number of rotatable bonds is 4. The summed E-state index contributed by atoms with van der Waals surface area (Å²) < 4.78 is 5.66. The lowest BCUT2D eigenvalue weighted by Crippen LogP contribution is -2.47. The zero-order valence-electron chi connectivity index (χ0n) is 14.0. The second kappa shape index (κ2) is 7.86. The molecule has 1 fully saturated rings. The molecule has 1 aromatic rings. The maximum Gasteiger partial charge on any atom is 0.508 e. The van der Waals surface area contributed by atoms with Crippen molar-refractivity contribution >= 4 is 23.1 Å². The van der Waals surface area contributed by atoms with Gasteiger partial charge in [0.15, 0.2) is 4.98 Å². The highest BCUT2D eigenvalue weighted by molar-refractivity contribution is 7.80. The summed E-state index contributed by atoms with van der Waals surface area (Å²) in [5.74, 6) is -1.47. The molecule has 1 saturated heterocycles. The van der Waals surface area contributed by atoms with Crippen LogP contribution in [0, 0.1) is 5.39 Å². The lowest BCUT2D eigenvalue weighted by Gasteiger charge is -2.36. The average molecular weight is 367 g/mol. The molecule has 0 bridgehead atoms. The molecular weight excluding hydrogens is 348 g/mol. The molecule has 1 aliphatic rings. The number of hydrogen-bond acceptors (Lipinski definition) is 8. The van der Waals surface area contributed by atoms with Crippen LogP contribution < -0.4 is 10.7 Å². The zero-order chi connectivity index (χ0) is 18.6. The topological polar surface area (TPSA) is 133 Å². The molecule has 12 heteroatoms. The second-order valence-electron chi connectivity index (χ2n) is 5.50. The smallest absolute Gasteiger partial charge is 0.489 e. The third-order valence-corrected chi connectivity index (χ3v) is 3.88. The van der Waals surface area contributed by atoms with E-state index in [9.17, 15) is 9.90 Å². The number of diazo groups is 1. The van der Waals surface area contributed by atoms with E-state index < -0.39 is 17.5 Å². The number of thiocarbonyl (C=S) groups is 1. The van der Waals surface area contributed by atoms with E-state index >= 15 is 0 Å². The highest BCUT2D eigenvalue weighted by atomic mass is 32.1. The van der Waals surface area contributed by atoms with Gasteiger partial charge in [-0.15, -0.1) is 5.10 Å². The molecule has 2 unspecified atom stereocenters. The largest absolute Gasteiger partial charge is 0.508 e. The van der Waals surface area contributed by atoms with Gasteiger partial charge >= 0.3 is 11.6 Å². The molecule has 0 spiro atoms. The molecular formula is C13H19N8O3S+. The monoisotopic (exact) mass is 367 g/mol. The number of aliphatic hydroxyl groups is 1. The molecule has 11 nitrogen and oxygen atoms in total. The lowest BCUT2D eigenvalue weighted by molar-refractivity contribution is -0.113. The minimum atomic E-state index is -0.884. The SMILES string of the molecule is CNC(O)=C([N+]#N)C(=O)Nn1cc(C(=S)N2CC(C)OC(C)C2)nn1. The Hall–Kier alpha value is -2.78. The number of hydrogen-bond donors (Lipinski definition) is 3. The summed E-state index contributed by atoms with van der Waals surface area (Å²) in [4.78, 5) is 18.1. The fraction of sp³-hybridized carbons (Fsp3) is 0.538. The molecule has 25 heavy (non-hydrogen) atoms.